The first-order chi connectivity index (χ1) is 8.15. The number of fused-ring (bicyclic) bond motifs is 1. The molecule has 0 spiro atoms. The second-order valence-electron chi connectivity index (χ2n) is 5.43. The molecule has 3 rings (SSSR count). The molecule has 2 aliphatic rings. The molecule has 2 heterocycles. The van der Waals surface area contributed by atoms with Gasteiger partial charge in [0.25, 0.3) is 0 Å². The Morgan fingerprint density at radius 3 is 2.35 bits per heavy atom. The predicted molar refractivity (Wildman–Crippen MR) is 72.0 cm³/mol. The van der Waals surface area contributed by atoms with Crippen LogP contribution in [0, 0.1) is 11.8 Å². The van der Waals surface area contributed by atoms with Crippen LogP contribution in [-0.4, -0.2) is 38.1 Å². The van der Waals surface area contributed by atoms with Gasteiger partial charge in [-0.1, -0.05) is 6.07 Å². The van der Waals surface area contributed by atoms with Crippen LogP contribution in [0.2, 0.25) is 0 Å². The van der Waals surface area contributed by atoms with Crippen LogP contribution in [-0.2, 0) is 0 Å². The van der Waals surface area contributed by atoms with E-state index in [4.69, 9.17) is 11.5 Å². The van der Waals surface area contributed by atoms with Crippen molar-refractivity contribution >= 4 is 17.1 Å². The fourth-order valence-electron chi connectivity index (χ4n) is 3.27. The minimum atomic E-state index is 0.691. The van der Waals surface area contributed by atoms with Gasteiger partial charge in [-0.15, -0.1) is 0 Å². The molecule has 0 aromatic heterocycles. The van der Waals surface area contributed by atoms with Gasteiger partial charge in [0, 0.05) is 26.2 Å². The van der Waals surface area contributed by atoms with E-state index < -0.39 is 0 Å². The zero-order chi connectivity index (χ0) is 12.0. The summed E-state index contributed by atoms with van der Waals surface area (Å²) in [5, 5.41) is 0. The summed E-state index contributed by atoms with van der Waals surface area (Å²) in [5.74, 6) is 1.58. The second-order valence-corrected chi connectivity index (χ2v) is 5.43. The first-order valence-electron chi connectivity index (χ1n) is 6.22. The Kier molecular flexibility index (Phi) is 2.40. The molecule has 0 radical (unpaired) electrons. The van der Waals surface area contributed by atoms with E-state index in [1.807, 2.05) is 12.1 Å². The SMILES string of the molecule is CN1CC2CN(c3cccc(N)c3N)CC2C1. The first kappa shape index (κ1) is 10.7. The standard InChI is InChI=1S/C13H20N4/c1-16-5-9-7-17(8-10(9)6-16)12-4-2-3-11(14)13(12)15/h2-4,9-10H,5-8,14-15H2,1H3. The Bertz CT molecular complexity index is 417. The van der Waals surface area contributed by atoms with E-state index in [1.165, 1.54) is 13.1 Å². The van der Waals surface area contributed by atoms with Crippen LogP contribution in [0.15, 0.2) is 18.2 Å². The fourth-order valence-corrected chi connectivity index (χ4v) is 3.27. The van der Waals surface area contributed by atoms with Crippen molar-refractivity contribution in [2.24, 2.45) is 11.8 Å². The van der Waals surface area contributed by atoms with E-state index >= 15 is 0 Å². The molecule has 1 aromatic rings. The van der Waals surface area contributed by atoms with Crippen molar-refractivity contribution in [2.45, 2.75) is 0 Å². The average Bonchev–Trinajstić information content (AvgIpc) is 2.79. The van der Waals surface area contributed by atoms with Crippen LogP contribution in [0.25, 0.3) is 0 Å². The lowest BCUT2D eigenvalue weighted by atomic mass is 10.0. The Hall–Kier alpha value is -1.42. The molecule has 4 heteroatoms. The zero-order valence-electron chi connectivity index (χ0n) is 10.3. The van der Waals surface area contributed by atoms with Gasteiger partial charge in [-0.3, -0.25) is 0 Å². The number of likely N-dealkylation sites (tertiary alicyclic amines) is 1. The van der Waals surface area contributed by atoms with Gasteiger partial charge in [0.05, 0.1) is 17.1 Å². The lowest BCUT2D eigenvalue weighted by molar-refractivity contribution is 0.387. The summed E-state index contributed by atoms with van der Waals surface area (Å²) in [7, 11) is 2.21. The lowest BCUT2D eigenvalue weighted by Gasteiger charge is -2.23. The molecule has 2 fully saturated rings. The molecule has 92 valence electrons. The van der Waals surface area contributed by atoms with E-state index in [2.05, 4.69) is 22.9 Å². The number of hydrogen-bond donors (Lipinski definition) is 2. The highest BCUT2D eigenvalue weighted by molar-refractivity contribution is 5.79. The van der Waals surface area contributed by atoms with Crippen LogP contribution < -0.4 is 16.4 Å². The highest BCUT2D eigenvalue weighted by Gasteiger charge is 2.39. The molecule has 0 amide bonds. The summed E-state index contributed by atoms with van der Waals surface area (Å²) in [6, 6.07) is 5.93. The Labute approximate surface area is 102 Å². The molecule has 1 aromatic carbocycles. The monoisotopic (exact) mass is 232 g/mol. The lowest BCUT2D eigenvalue weighted by Crippen LogP contribution is -2.27. The maximum Gasteiger partial charge on any atom is 0.0785 e. The second kappa shape index (κ2) is 3.81. The number of nitrogens with two attached hydrogens (primary N) is 2. The molecule has 0 saturated carbocycles. The Balaban J connectivity index is 1.82. The number of nitrogens with zero attached hydrogens (tertiary/aromatic N) is 2. The van der Waals surface area contributed by atoms with Crippen molar-refractivity contribution in [3.8, 4) is 0 Å². The van der Waals surface area contributed by atoms with Gasteiger partial charge in [0.15, 0.2) is 0 Å². The normalized spacial score (nSPS) is 28.6. The van der Waals surface area contributed by atoms with E-state index in [1.54, 1.807) is 0 Å². The molecule has 17 heavy (non-hydrogen) atoms. The van der Waals surface area contributed by atoms with Crippen molar-refractivity contribution in [3.05, 3.63) is 18.2 Å². The quantitative estimate of drug-likeness (QED) is 0.705. The number of benzene rings is 1. The minimum absolute atomic E-state index is 0.691. The van der Waals surface area contributed by atoms with Gasteiger partial charge in [0.1, 0.15) is 0 Å². The molecule has 0 aliphatic carbocycles. The average molecular weight is 232 g/mol. The number of nitrogen functional groups attached to an aromatic ring is 2. The van der Waals surface area contributed by atoms with E-state index in [0.29, 0.717) is 5.69 Å². The summed E-state index contributed by atoms with van der Waals surface area (Å²) in [6.07, 6.45) is 0. The zero-order valence-corrected chi connectivity index (χ0v) is 10.3. The molecule has 4 N–H and O–H groups in total. The highest BCUT2D eigenvalue weighted by Crippen LogP contribution is 2.37. The third kappa shape index (κ3) is 1.72. The minimum Gasteiger partial charge on any atom is -0.397 e. The van der Waals surface area contributed by atoms with Crippen molar-refractivity contribution in [3.63, 3.8) is 0 Å². The molecule has 4 nitrogen and oxygen atoms in total. The molecule has 2 aliphatic heterocycles. The number of para-hydroxylation sites is 1. The summed E-state index contributed by atoms with van der Waals surface area (Å²) >= 11 is 0. The highest BCUT2D eigenvalue weighted by atomic mass is 15.2. The fraction of sp³-hybridized carbons (Fsp3) is 0.538. The predicted octanol–water partition coefficient (Wildman–Crippen LogP) is 0.849. The molecule has 0 bridgehead atoms. The van der Waals surface area contributed by atoms with Crippen LogP contribution in [0.3, 0.4) is 0 Å². The smallest absolute Gasteiger partial charge is 0.0785 e. The van der Waals surface area contributed by atoms with Gasteiger partial charge in [-0.2, -0.15) is 0 Å². The maximum absolute atomic E-state index is 6.06. The van der Waals surface area contributed by atoms with Crippen LogP contribution in [0.5, 0.6) is 0 Å². The summed E-state index contributed by atoms with van der Waals surface area (Å²) in [5.41, 5.74) is 14.5. The molecular formula is C13H20N4. The summed E-state index contributed by atoms with van der Waals surface area (Å²) < 4.78 is 0. The topological polar surface area (TPSA) is 58.5 Å². The maximum atomic E-state index is 6.06. The van der Waals surface area contributed by atoms with Gasteiger partial charge < -0.3 is 21.3 Å². The van der Waals surface area contributed by atoms with Crippen molar-refractivity contribution < 1.29 is 0 Å². The van der Waals surface area contributed by atoms with Crippen LogP contribution >= 0.6 is 0 Å². The van der Waals surface area contributed by atoms with Crippen molar-refractivity contribution in [2.75, 3.05) is 49.6 Å². The largest absolute Gasteiger partial charge is 0.397 e. The third-order valence-corrected chi connectivity index (χ3v) is 4.13. The van der Waals surface area contributed by atoms with Crippen molar-refractivity contribution in [1.82, 2.24) is 4.90 Å². The van der Waals surface area contributed by atoms with Gasteiger partial charge >= 0.3 is 0 Å². The molecule has 2 saturated heterocycles. The first-order valence-corrected chi connectivity index (χ1v) is 6.22. The summed E-state index contributed by atoms with van der Waals surface area (Å²) in [4.78, 5) is 4.82. The Morgan fingerprint density at radius 1 is 1.06 bits per heavy atom. The molecule has 2 atom stereocenters. The molecule has 2 unspecified atom stereocenters. The van der Waals surface area contributed by atoms with E-state index in [9.17, 15) is 0 Å². The van der Waals surface area contributed by atoms with E-state index in [0.717, 1.165) is 36.3 Å². The number of hydrogen-bond acceptors (Lipinski definition) is 4. The number of rotatable bonds is 1. The van der Waals surface area contributed by atoms with Gasteiger partial charge in [0.2, 0.25) is 0 Å². The Morgan fingerprint density at radius 2 is 1.71 bits per heavy atom. The summed E-state index contributed by atoms with van der Waals surface area (Å²) in [6.45, 7) is 4.65. The van der Waals surface area contributed by atoms with Crippen molar-refractivity contribution in [1.29, 1.82) is 0 Å². The van der Waals surface area contributed by atoms with Gasteiger partial charge in [-0.05, 0) is 31.0 Å². The van der Waals surface area contributed by atoms with E-state index in [-0.39, 0.29) is 0 Å². The van der Waals surface area contributed by atoms with Crippen LogP contribution in [0.1, 0.15) is 0 Å². The van der Waals surface area contributed by atoms with Gasteiger partial charge in [-0.25, -0.2) is 0 Å². The number of anilines is 3. The third-order valence-electron chi connectivity index (χ3n) is 4.13. The van der Waals surface area contributed by atoms with Crippen LogP contribution in [0.4, 0.5) is 17.1 Å². The molecular weight excluding hydrogens is 212 g/mol.